The van der Waals surface area contributed by atoms with Crippen LogP contribution in [0.5, 0.6) is 0 Å². The molecular formula is C12H18BrNO2S. The number of hydrogen-bond donors (Lipinski definition) is 2. The molecule has 0 aliphatic carbocycles. The third-order valence-corrected chi connectivity index (χ3v) is 5.17. The monoisotopic (exact) mass is 319 g/mol. The summed E-state index contributed by atoms with van der Waals surface area (Å²) in [7, 11) is 0. The first kappa shape index (κ1) is 14.7. The maximum atomic E-state index is 11.3. The van der Waals surface area contributed by atoms with Gasteiger partial charge in [0.15, 0.2) is 0 Å². The summed E-state index contributed by atoms with van der Waals surface area (Å²) in [6.07, 6.45) is 1.30. The average Bonchev–Trinajstić information content (AvgIpc) is 2.70. The van der Waals surface area contributed by atoms with Crippen molar-refractivity contribution in [1.29, 1.82) is 0 Å². The molecule has 1 aromatic heterocycles. The summed E-state index contributed by atoms with van der Waals surface area (Å²) in [6.45, 7) is 5.09. The Morgan fingerprint density at radius 3 is 2.59 bits per heavy atom. The summed E-state index contributed by atoms with van der Waals surface area (Å²) in [5.74, 6) is -0.708. The summed E-state index contributed by atoms with van der Waals surface area (Å²) < 4.78 is 1.09. The lowest BCUT2D eigenvalue weighted by molar-refractivity contribution is -0.149. The second kappa shape index (κ2) is 6.52. The molecule has 0 fully saturated rings. The Labute approximate surface area is 114 Å². The second-order valence-corrected chi connectivity index (χ2v) is 5.94. The first-order valence-electron chi connectivity index (χ1n) is 5.71. The Morgan fingerprint density at radius 1 is 1.53 bits per heavy atom. The van der Waals surface area contributed by atoms with Crippen LogP contribution in [0.3, 0.4) is 0 Å². The van der Waals surface area contributed by atoms with E-state index in [0.29, 0.717) is 25.9 Å². The number of nitrogens with one attached hydrogen (secondary N) is 1. The quantitative estimate of drug-likeness (QED) is 0.808. The Morgan fingerprint density at radius 2 is 2.18 bits per heavy atom. The van der Waals surface area contributed by atoms with Crippen LogP contribution >= 0.6 is 27.3 Å². The summed E-state index contributed by atoms with van der Waals surface area (Å²) in [5.41, 5.74) is -0.635. The molecule has 0 atom stereocenters. The lowest BCUT2D eigenvalue weighted by Crippen LogP contribution is -2.39. The second-order valence-electron chi connectivity index (χ2n) is 4.09. The van der Waals surface area contributed by atoms with Crippen LogP contribution < -0.4 is 5.32 Å². The zero-order chi connectivity index (χ0) is 12.9. The number of carbonyl (C=O) groups is 1. The van der Waals surface area contributed by atoms with Gasteiger partial charge in [0.1, 0.15) is 0 Å². The summed E-state index contributed by atoms with van der Waals surface area (Å²) in [5, 5.41) is 14.6. The maximum Gasteiger partial charge on any atom is 0.310 e. The average molecular weight is 320 g/mol. The van der Waals surface area contributed by atoms with Crippen LogP contribution in [0.15, 0.2) is 15.9 Å². The molecule has 1 aromatic rings. The molecule has 17 heavy (non-hydrogen) atoms. The van der Waals surface area contributed by atoms with E-state index < -0.39 is 11.4 Å². The van der Waals surface area contributed by atoms with Gasteiger partial charge in [0.2, 0.25) is 0 Å². The van der Waals surface area contributed by atoms with Crippen LogP contribution in [0.2, 0.25) is 0 Å². The van der Waals surface area contributed by atoms with Gasteiger partial charge < -0.3 is 10.4 Å². The molecular weight excluding hydrogens is 302 g/mol. The van der Waals surface area contributed by atoms with Crippen molar-refractivity contribution in [1.82, 2.24) is 5.32 Å². The van der Waals surface area contributed by atoms with Gasteiger partial charge in [0.05, 0.1) is 5.41 Å². The number of halogens is 1. The van der Waals surface area contributed by atoms with Crippen LogP contribution in [0.1, 0.15) is 31.6 Å². The van der Waals surface area contributed by atoms with E-state index in [1.807, 2.05) is 25.3 Å². The molecule has 0 saturated heterocycles. The third kappa shape index (κ3) is 3.53. The van der Waals surface area contributed by atoms with E-state index >= 15 is 0 Å². The molecule has 5 heteroatoms. The predicted molar refractivity (Wildman–Crippen MR) is 74.4 cm³/mol. The molecule has 0 aliphatic rings. The van der Waals surface area contributed by atoms with Gasteiger partial charge in [-0.3, -0.25) is 4.79 Å². The maximum absolute atomic E-state index is 11.3. The highest BCUT2D eigenvalue weighted by atomic mass is 79.9. The fourth-order valence-corrected chi connectivity index (χ4v) is 3.21. The van der Waals surface area contributed by atoms with Crippen LogP contribution in [-0.2, 0) is 11.3 Å². The zero-order valence-electron chi connectivity index (χ0n) is 10.1. The Balaban J connectivity index is 2.54. The zero-order valence-corrected chi connectivity index (χ0v) is 12.5. The smallest absolute Gasteiger partial charge is 0.310 e. The predicted octanol–water partition coefficient (Wildman–Crippen LogP) is 3.49. The van der Waals surface area contributed by atoms with Crippen molar-refractivity contribution in [3.05, 3.63) is 20.8 Å². The molecule has 1 rings (SSSR count). The molecule has 96 valence electrons. The van der Waals surface area contributed by atoms with Gasteiger partial charge in [0, 0.05) is 22.4 Å². The Bertz CT molecular complexity index is 374. The van der Waals surface area contributed by atoms with Gasteiger partial charge in [-0.05, 0) is 40.2 Å². The highest BCUT2D eigenvalue weighted by molar-refractivity contribution is 9.10. The molecule has 0 saturated carbocycles. The number of thiophene rings is 1. The molecule has 0 bridgehead atoms. The Kier molecular flexibility index (Phi) is 5.62. The van der Waals surface area contributed by atoms with Crippen molar-refractivity contribution in [3.8, 4) is 0 Å². The molecule has 0 radical (unpaired) electrons. The van der Waals surface area contributed by atoms with Crippen molar-refractivity contribution >= 4 is 33.2 Å². The van der Waals surface area contributed by atoms with Crippen molar-refractivity contribution in [2.75, 3.05) is 6.54 Å². The lowest BCUT2D eigenvalue weighted by atomic mass is 9.82. The van der Waals surface area contributed by atoms with Gasteiger partial charge in [-0.1, -0.05) is 13.8 Å². The SMILES string of the molecule is CCC(CC)(CNCc1sccc1Br)C(=O)O. The van der Waals surface area contributed by atoms with E-state index in [1.54, 1.807) is 11.3 Å². The first-order valence-corrected chi connectivity index (χ1v) is 7.39. The van der Waals surface area contributed by atoms with Gasteiger partial charge in [-0.15, -0.1) is 11.3 Å². The van der Waals surface area contributed by atoms with Gasteiger partial charge in [0.25, 0.3) is 0 Å². The first-order chi connectivity index (χ1) is 8.05. The van der Waals surface area contributed by atoms with E-state index in [0.717, 1.165) is 4.47 Å². The molecule has 0 aliphatic heterocycles. The van der Waals surface area contributed by atoms with Gasteiger partial charge in [-0.2, -0.15) is 0 Å². The van der Waals surface area contributed by atoms with Crippen LogP contribution in [0.25, 0.3) is 0 Å². The Hall–Kier alpha value is -0.390. The third-order valence-electron chi connectivity index (χ3n) is 3.25. The molecule has 0 amide bonds. The molecule has 0 aromatic carbocycles. The normalized spacial score (nSPS) is 11.7. The number of carboxylic acids is 1. The molecule has 2 N–H and O–H groups in total. The molecule has 0 unspecified atom stereocenters. The van der Waals surface area contributed by atoms with Gasteiger partial charge in [-0.25, -0.2) is 0 Å². The highest BCUT2D eigenvalue weighted by Gasteiger charge is 2.34. The van der Waals surface area contributed by atoms with Crippen molar-refractivity contribution < 1.29 is 9.90 Å². The molecule has 3 nitrogen and oxygen atoms in total. The van der Waals surface area contributed by atoms with E-state index in [-0.39, 0.29) is 0 Å². The standard InChI is InChI=1S/C12H18BrNO2S/c1-3-12(4-2,11(15)16)8-14-7-10-9(13)5-6-17-10/h5-6,14H,3-4,7-8H2,1-2H3,(H,15,16). The van der Waals surface area contributed by atoms with Crippen molar-refractivity contribution in [2.45, 2.75) is 33.2 Å². The van der Waals surface area contributed by atoms with E-state index in [1.165, 1.54) is 4.88 Å². The molecule has 0 spiro atoms. The number of hydrogen-bond acceptors (Lipinski definition) is 3. The van der Waals surface area contributed by atoms with Crippen LogP contribution in [0, 0.1) is 5.41 Å². The summed E-state index contributed by atoms with van der Waals surface area (Å²) in [4.78, 5) is 12.5. The van der Waals surface area contributed by atoms with Crippen LogP contribution in [-0.4, -0.2) is 17.6 Å². The highest BCUT2D eigenvalue weighted by Crippen LogP contribution is 2.27. The van der Waals surface area contributed by atoms with E-state index in [4.69, 9.17) is 0 Å². The lowest BCUT2D eigenvalue weighted by Gasteiger charge is -2.26. The minimum absolute atomic E-state index is 0.514. The summed E-state index contributed by atoms with van der Waals surface area (Å²) >= 11 is 5.13. The summed E-state index contributed by atoms with van der Waals surface area (Å²) in [6, 6.07) is 2.01. The fourth-order valence-electron chi connectivity index (χ4n) is 1.74. The number of rotatable bonds is 7. The molecule has 1 heterocycles. The minimum atomic E-state index is -0.708. The largest absolute Gasteiger partial charge is 0.481 e. The fraction of sp³-hybridized carbons (Fsp3) is 0.583. The topological polar surface area (TPSA) is 49.3 Å². The van der Waals surface area contributed by atoms with Crippen molar-refractivity contribution in [2.24, 2.45) is 5.41 Å². The van der Waals surface area contributed by atoms with E-state index in [9.17, 15) is 9.90 Å². The van der Waals surface area contributed by atoms with Crippen molar-refractivity contribution in [3.63, 3.8) is 0 Å². The number of aliphatic carboxylic acids is 1. The van der Waals surface area contributed by atoms with Crippen LogP contribution in [0.4, 0.5) is 0 Å². The van der Waals surface area contributed by atoms with Gasteiger partial charge >= 0.3 is 5.97 Å². The number of carboxylic acid groups (broad SMARTS) is 1. The minimum Gasteiger partial charge on any atom is -0.481 e. The van der Waals surface area contributed by atoms with E-state index in [2.05, 4.69) is 21.2 Å².